The van der Waals surface area contributed by atoms with Crippen molar-refractivity contribution in [3.63, 3.8) is 0 Å². The Kier molecular flexibility index (Phi) is 4.24. The third-order valence-electron chi connectivity index (χ3n) is 3.15. The summed E-state index contributed by atoms with van der Waals surface area (Å²) < 4.78 is 16.1. The van der Waals surface area contributed by atoms with Crippen LogP contribution in [0.4, 0.5) is 10.1 Å². The monoisotopic (exact) mass is 325 g/mol. The Morgan fingerprint density at radius 2 is 2.16 bits per heavy atom. The van der Waals surface area contributed by atoms with Gasteiger partial charge >= 0.3 is 0 Å². The summed E-state index contributed by atoms with van der Waals surface area (Å²) in [6.07, 6.45) is 0.882. The number of aromatic nitrogens is 2. The van der Waals surface area contributed by atoms with Crippen LogP contribution in [0.15, 0.2) is 22.7 Å². The molecule has 1 aromatic carbocycles. The van der Waals surface area contributed by atoms with Gasteiger partial charge < -0.3 is 5.32 Å². The standard InChI is InChI=1S/C14H17BrFN3/c1-4-11-14(15)13(19(3)18-11)8-17-12-7-10(16)6-5-9(12)2/h5-7,17H,4,8H2,1-3H3. The highest BCUT2D eigenvalue weighted by molar-refractivity contribution is 9.10. The summed E-state index contributed by atoms with van der Waals surface area (Å²) in [5.74, 6) is -0.230. The van der Waals surface area contributed by atoms with E-state index in [1.54, 1.807) is 6.07 Å². The van der Waals surface area contributed by atoms with E-state index in [-0.39, 0.29) is 5.82 Å². The lowest BCUT2D eigenvalue weighted by molar-refractivity contribution is 0.627. The van der Waals surface area contributed by atoms with Crippen LogP contribution < -0.4 is 5.32 Å². The molecule has 0 saturated carbocycles. The van der Waals surface area contributed by atoms with Crippen LogP contribution in [0.1, 0.15) is 23.9 Å². The molecule has 102 valence electrons. The van der Waals surface area contributed by atoms with Crippen molar-refractivity contribution in [3.8, 4) is 0 Å². The minimum Gasteiger partial charge on any atom is -0.379 e. The minimum absolute atomic E-state index is 0.230. The maximum Gasteiger partial charge on any atom is 0.125 e. The Labute approximate surface area is 121 Å². The van der Waals surface area contributed by atoms with Crippen LogP contribution in [-0.4, -0.2) is 9.78 Å². The van der Waals surface area contributed by atoms with E-state index < -0.39 is 0 Å². The summed E-state index contributed by atoms with van der Waals surface area (Å²) in [4.78, 5) is 0. The molecule has 1 heterocycles. The van der Waals surface area contributed by atoms with Gasteiger partial charge in [0.05, 0.1) is 22.4 Å². The van der Waals surface area contributed by atoms with Gasteiger partial charge in [0.2, 0.25) is 0 Å². The SMILES string of the molecule is CCc1nn(C)c(CNc2cc(F)ccc2C)c1Br. The fourth-order valence-electron chi connectivity index (χ4n) is 1.98. The molecule has 2 aromatic rings. The number of hydrogen-bond acceptors (Lipinski definition) is 2. The lowest BCUT2D eigenvalue weighted by Gasteiger charge is -2.10. The molecule has 19 heavy (non-hydrogen) atoms. The van der Waals surface area contributed by atoms with Crippen LogP contribution in [0, 0.1) is 12.7 Å². The summed E-state index contributed by atoms with van der Waals surface area (Å²) in [6.45, 7) is 4.63. The fourth-order valence-corrected chi connectivity index (χ4v) is 2.73. The van der Waals surface area contributed by atoms with Gasteiger partial charge in [-0.05, 0) is 47.0 Å². The van der Waals surface area contributed by atoms with E-state index in [4.69, 9.17) is 0 Å². The van der Waals surface area contributed by atoms with E-state index in [1.165, 1.54) is 12.1 Å². The van der Waals surface area contributed by atoms with E-state index in [2.05, 4.69) is 33.3 Å². The number of nitrogens with zero attached hydrogens (tertiary/aromatic N) is 2. The number of benzene rings is 1. The molecule has 0 radical (unpaired) electrons. The zero-order valence-corrected chi connectivity index (χ0v) is 12.9. The summed E-state index contributed by atoms with van der Waals surface area (Å²) in [5, 5.41) is 7.69. The van der Waals surface area contributed by atoms with Crippen LogP contribution in [0.3, 0.4) is 0 Å². The zero-order chi connectivity index (χ0) is 14.0. The van der Waals surface area contributed by atoms with E-state index in [0.717, 1.165) is 33.5 Å². The highest BCUT2D eigenvalue weighted by atomic mass is 79.9. The van der Waals surface area contributed by atoms with Crippen molar-refractivity contribution in [2.75, 3.05) is 5.32 Å². The third kappa shape index (κ3) is 2.97. The molecule has 2 rings (SSSR count). The maximum absolute atomic E-state index is 13.2. The molecule has 0 aliphatic heterocycles. The van der Waals surface area contributed by atoms with Gasteiger partial charge in [0.25, 0.3) is 0 Å². The predicted octanol–water partition coefficient (Wildman–Crippen LogP) is 3.80. The van der Waals surface area contributed by atoms with E-state index in [9.17, 15) is 4.39 Å². The Morgan fingerprint density at radius 1 is 1.42 bits per heavy atom. The minimum atomic E-state index is -0.230. The molecular formula is C14H17BrFN3. The van der Waals surface area contributed by atoms with Crippen molar-refractivity contribution in [2.24, 2.45) is 7.05 Å². The molecule has 0 atom stereocenters. The van der Waals surface area contributed by atoms with Crippen molar-refractivity contribution >= 4 is 21.6 Å². The Balaban J connectivity index is 2.19. The molecule has 0 saturated heterocycles. The lowest BCUT2D eigenvalue weighted by atomic mass is 10.2. The molecular weight excluding hydrogens is 309 g/mol. The van der Waals surface area contributed by atoms with Gasteiger partial charge in [-0.2, -0.15) is 5.10 Å². The highest BCUT2D eigenvalue weighted by Crippen LogP contribution is 2.23. The van der Waals surface area contributed by atoms with Crippen molar-refractivity contribution in [1.82, 2.24) is 9.78 Å². The normalized spacial score (nSPS) is 10.8. The van der Waals surface area contributed by atoms with Gasteiger partial charge in [0.15, 0.2) is 0 Å². The van der Waals surface area contributed by atoms with Crippen molar-refractivity contribution in [3.05, 3.63) is 45.4 Å². The second-order valence-electron chi connectivity index (χ2n) is 4.50. The molecule has 0 spiro atoms. The number of nitrogens with one attached hydrogen (secondary N) is 1. The summed E-state index contributed by atoms with van der Waals surface area (Å²) in [6, 6.07) is 4.75. The quantitative estimate of drug-likeness (QED) is 0.926. The molecule has 0 aliphatic carbocycles. The van der Waals surface area contributed by atoms with Crippen molar-refractivity contribution < 1.29 is 4.39 Å². The van der Waals surface area contributed by atoms with Gasteiger partial charge in [-0.1, -0.05) is 13.0 Å². The number of halogens is 2. The molecule has 0 aliphatic rings. The van der Waals surface area contributed by atoms with Gasteiger partial charge in [-0.3, -0.25) is 4.68 Å². The fraction of sp³-hybridized carbons (Fsp3) is 0.357. The average Bonchev–Trinajstić information content (AvgIpc) is 2.66. The molecule has 1 N–H and O–H groups in total. The largest absolute Gasteiger partial charge is 0.379 e. The van der Waals surface area contributed by atoms with Gasteiger partial charge in [-0.25, -0.2) is 4.39 Å². The van der Waals surface area contributed by atoms with Crippen LogP contribution >= 0.6 is 15.9 Å². The highest BCUT2D eigenvalue weighted by Gasteiger charge is 2.12. The van der Waals surface area contributed by atoms with Gasteiger partial charge in [0.1, 0.15) is 5.82 Å². The maximum atomic E-state index is 13.2. The van der Waals surface area contributed by atoms with Crippen molar-refractivity contribution in [1.29, 1.82) is 0 Å². The number of hydrogen-bond donors (Lipinski definition) is 1. The summed E-state index contributed by atoms with van der Waals surface area (Å²) in [7, 11) is 1.92. The molecule has 3 nitrogen and oxygen atoms in total. The second kappa shape index (κ2) is 5.74. The number of aryl methyl sites for hydroxylation is 3. The van der Waals surface area contributed by atoms with Crippen LogP contribution in [0.5, 0.6) is 0 Å². The number of anilines is 1. The first-order chi connectivity index (χ1) is 9.02. The summed E-state index contributed by atoms with van der Waals surface area (Å²) >= 11 is 3.57. The predicted molar refractivity (Wildman–Crippen MR) is 78.7 cm³/mol. The molecule has 0 amide bonds. The van der Waals surface area contributed by atoms with E-state index in [1.807, 2.05) is 18.7 Å². The molecule has 0 fully saturated rings. The first-order valence-corrected chi connectivity index (χ1v) is 7.02. The first-order valence-electron chi connectivity index (χ1n) is 6.23. The van der Waals surface area contributed by atoms with Crippen LogP contribution in [0.25, 0.3) is 0 Å². The molecule has 1 aromatic heterocycles. The Bertz CT molecular complexity index is 593. The second-order valence-corrected chi connectivity index (χ2v) is 5.29. The third-order valence-corrected chi connectivity index (χ3v) is 4.06. The topological polar surface area (TPSA) is 29.9 Å². The van der Waals surface area contributed by atoms with E-state index >= 15 is 0 Å². The summed E-state index contributed by atoms with van der Waals surface area (Å²) in [5.41, 5.74) is 3.93. The smallest absolute Gasteiger partial charge is 0.125 e. The van der Waals surface area contributed by atoms with Crippen LogP contribution in [-0.2, 0) is 20.0 Å². The molecule has 5 heteroatoms. The van der Waals surface area contributed by atoms with Crippen molar-refractivity contribution in [2.45, 2.75) is 26.8 Å². The Hall–Kier alpha value is -1.36. The van der Waals surface area contributed by atoms with Gasteiger partial charge in [0, 0.05) is 12.7 Å². The van der Waals surface area contributed by atoms with Gasteiger partial charge in [-0.15, -0.1) is 0 Å². The zero-order valence-electron chi connectivity index (χ0n) is 11.3. The van der Waals surface area contributed by atoms with Crippen LogP contribution in [0.2, 0.25) is 0 Å². The van der Waals surface area contributed by atoms with E-state index in [0.29, 0.717) is 6.54 Å². The Morgan fingerprint density at radius 3 is 2.79 bits per heavy atom. The number of rotatable bonds is 4. The first kappa shape index (κ1) is 14.1. The average molecular weight is 326 g/mol. The molecule has 0 unspecified atom stereocenters. The lowest BCUT2D eigenvalue weighted by Crippen LogP contribution is -2.07. The molecule has 0 bridgehead atoms.